The standard InChI is InChI=1S/C20H20Cl2O4/c1-3-9-25-19-17(21)10-14(11-18(19)22)26-12-13-7-5-6-8-16(13)15(4-2)20(23)24/h4-8,10-11H,3,9,12H2,1-2H3,(H,23,24)/b15-4+. The van der Waals surface area contributed by atoms with Crippen molar-refractivity contribution in [2.75, 3.05) is 6.61 Å². The summed E-state index contributed by atoms with van der Waals surface area (Å²) in [5.74, 6) is -0.0653. The molecule has 6 heteroatoms. The van der Waals surface area contributed by atoms with Crippen LogP contribution in [0.5, 0.6) is 11.5 Å². The monoisotopic (exact) mass is 394 g/mol. The Balaban J connectivity index is 2.21. The van der Waals surface area contributed by atoms with Crippen LogP contribution >= 0.6 is 23.2 Å². The maximum absolute atomic E-state index is 11.4. The van der Waals surface area contributed by atoms with Crippen molar-refractivity contribution in [1.29, 1.82) is 0 Å². The summed E-state index contributed by atoms with van der Waals surface area (Å²) in [6.45, 7) is 4.39. The second kappa shape index (κ2) is 9.51. The number of aliphatic carboxylic acids is 1. The molecule has 0 aromatic heterocycles. The van der Waals surface area contributed by atoms with Crippen LogP contribution in [0.15, 0.2) is 42.5 Å². The van der Waals surface area contributed by atoms with Crippen molar-refractivity contribution in [3.63, 3.8) is 0 Å². The molecule has 0 aliphatic carbocycles. The fourth-order valence-electron chi connectivity index (χ4n) is 2.43. The van der Waals surface area contributed by atoms with Crippen molar-refractivity contribution in [2.45, 2.75) is 26.9 Å². The molecule has 2 aromatic carbocycles. The molecule has 0 aliphatic heterocycles. The Morgan fingerprint density at radius 3 is 2.38 bits per heavy atom. The zero-order chi connectivity index (χ0) is 19.1. The predicted molar refractivity (Wildman–Crippen MR) is 104 cm³/mol. The van der Waals surface area contributed by atoms with Gasteiger partial charge in [0.1, 0.15) is 12.4 Å². The van der Waals surface area contributed by atoms with Crippen LogP contribution in [0.1, 0.15) is 31.4 Å². The van der Waals surface area contributed by atoms with Gasteiger partial charge >= 0.3 is 5.97 Å². The molecule has 0 radical (unpaired) electrons. The van der Waals surface area contributed by atoms with E-state index in [4.69, 9.17) is 32.7 Å². The molecule has 2 rings (SSSR count). The molecule has 0 bridgehead atoms. The quantitative estimate of drug-likeness (QED) is 0.570. The number of carboxylic acids is 1. The SMILES string of the molecule is C/C=C(/C(=O)O)c1ccccc1COc1cc(Cl)c(OCCC)c(Cl)c1. The van der Waals surface area contributed by atoms with E-state index in [1.165, 1.54) is 0 Å². The highest BCUT2D eigenvalue weighted by molar-refractivity contribution is 6.37. The highest BCUT2D eigenvalue weighted by Gasteiger charge is 2.15. The van der Waals surface area contributed by atoms with Gasteiger partial charge in [0.25, 0.3) is 0 Å². The molecule has 138 valence electrons. The van der Waals surface area contributed by atoms with Crippen molar-refractivity contribution in [2.24, 2.45) is 0 Å². The largest absolute Gasteiger partial charge is 0.490 e. The Morgan fingerprint density at radius 1 is 1.15 bits per heavy atom. The average Bonchev–Trinajstić information content (AvgIpc) is 2.60. The summed E-state index contributed by atoms with van der Waals surface area (Å²) in [5, 5.41) is 10.1. The lowest BCUT2D eigenvalue weighted by Gasteiger charge is -2.14. The van der Waals surface area contributed by atoms with Gasteiger partial charge in [-0.1, -0.05) is 60.5 Å². The first-order valence-electron chi connectivity index (χ1n) is 8.20. The van der Waals surface area contributed by atoms with E-state index in [9.17, 15) is 9.90 Å². The zero-order valence-electron chi connectivity index (χ0n) is 14.6. The summed E-state index contributed by atoms with van der Waals surface area (Å²) in [4.78, 5) is 11.4. The molecule has 2 aromatic rings. The number of hydrogen-bond acceptors (Lipinski definition) is 3. The summed E-state index contributed by atoms with van der Waals surface area (Å²) in [6, 6.07) is 10.5. The van der Waals surface area contributed by atoms with Gasteiger partial charge in [-0.05, 0) is 24.5 Å². The van der Waals surface area contributed by atoms with Gasteiger partial charge in [-0.25, -0.2) is 4.79 Å². The molecule has 26 heavy (non-hydrogen) atoms. The highest BCUT2D eigenvalue weighted by atomic mass is 35.5. The Bertz CT molecular complexity index is 792. The number of ether oxygens (including phenoxy) is 2. The minimum atomic E-state index is -0.983. The van der Waals surface area contributed by atoms with Crippen LogP contribution in [-0.2, 0) is 11.4 Å². The molecule has 0 heterocycles. The molecule has 1 N–H and O–H groups in total. The number of halogens is 2. The summed E-state index contributed by atoms with van der Waals surface area (Å²) < 4.78 is 11.3. The first-order valence-corrected chi connectivity index (χ1v) is 8.96. The van der Waals surface area contributed by atoms with Crippen molar-refractivity contribution >= 4 is 34.7 Å². The van der Waals surface area contributed by atoms with Crippen LogP contribution < -0.4 is 9.47 Å². The predicted octanol–water partition coefficient (Wildman–Crippen LogP) is 5.85. The van der Waals surface area contributed by atoms with Crippen LogP contribution in [-0.4, -0.2) is 17.7 Å². The van der Waals surface area contributed by atoms with E-state index in [2.05, 4.69) is 0 Å². The van der Waals surface area contributed by atoms with Gasteiger partial charge in [0.2, 0.25) is 0 Å². The van der Waals surface area contributed by atoms with Gasteiger partial charge in [0.05, 0.1) is 22.2 Å². The molecule has 0 fully saturated rings. The van der Waals surface area contributed by atoms with E-state index >= 15 is 0 Å². The third-order valence-corrected chi connectivity index (χ3v) is 4.20. The van der Waals surface area contributed by atoms with E-state index in [1.807, 2.05) is 19.1 Å². The van der Waals surface area contributed by atoms with E-state index in [0.717, 1.165) is 12.0 Å². The summed E-state index contributed by atoms with van der Waals surface area (Å²) in [7, 11) is 0. The average molecular weight is 395 g/mol. The normalized spacial score (nSPS) is 11.3. The van der Waals surface area contributed by atoms with Crippen molar-refractivity contribution in [3.8, 4) is 11.5 Å². The molecular weight excluding hydrogens is 375 g/mol. The second-order valence-electron chi connectivity index (χ2n) is 5.52. The Hall–Kier alpha value is -2.17. The van der Waals surface area contributed by atoms with Crippen LogP contribution in [0.2, 0.25) is 10.0 Å². The minimum absolute atomic E-state index is 0.183. The molecule has 4 nitrogen and oxygen atoms in total. The van der Waals surface area contributed by atoms with E-state index in [1.54, 1.807) is 37.3 Å². The second-order valence-corrected chi connectivity index (χ2v) is 6.33. The molecule has 0 atom stereocenters. The van der Waals surface area contributed by atoms with Crippen molar-refractivity contribution in [3.05, 3.63) is 63.6 Å². The summed E-state index contributed by atoms with van der Waals surface area (Å²) in [5.41, 5.74) is 1.59. The van der Waals surface area contributed by atoms with Gasteiger partial charge in [-0.2, -0.15) is 0 Å². The number of carboxylic acid groups (broad SMARTS) is 1. The van der Waals surface area contributed by atoms with E-state index < -0.39 is 5.97 Å². The molecule has 0 spiro atoms. The Morgan fingerprint density at radius 2 is 1.81 bits per heavy atom. The molecule has 0 saturated heterocycles. The topological polar surface area (TPSA) is 55.8 Å². The molecule has 0 unspecified atom stereocenters. The van der Waals surface area contributed by atoms with E-state index in [0.29, 0.717) is 33.7 Å². The van der Waals surface area contributed by atoms with Crippen LogP contribution in [0.25, 0.3) is 5.57 Å². The number of hydrogen-bond donors (Lipinski definition) is 1. The Kier molecular flexibility index (Phi) is 7.37. The fraction of sp³-hybridized carbons (Fsp3) is 0.250. The number of benzene rings is 2. The van der Waals surface area contributed by atoms with Gasteiger partial charge in [0, 0.05) is 12.1 Å². The number of rotatable bonds is 8. The number of carbonyl (C=O) groups is 1. The summed E-state index contributed by atoms with van der Waals surface area (Å²) >= 11 is 12.4. The number of allylic oxidation sites excluding steroid dienone is 1. The maximum Gasteiger partial charge on any atom is 0.335 e. The highest BCUT2D eigenvalue weighted by Crippen LogP contribution is 2.37. The van der Waals surface area contributed by atoms with Gasteiger partial charge < -0.3 is 14.6 Å². The molecule has 0 aliphatic rings. The fourth-order valence-corrected chi connectivity index (χ4v) is 3.00. The molecule has 0 amide bonds. The smallest absolute Gasteiger partial charge is 0.335 e. The van der Waals surface area contributed by atoms with Gasteiger partial charge in [-0.15, -0.1) is 0 Å². The minimum Gasteiger partial charge on any atom is -0.490 e. The van der Waals surface area contributed by atoms with Crippen LogP contribution in [0, 0.1) is 0 Å². The Labute approximate surface area is 163 Å². The maximum atomic E-state index is 11.4. The van der Waals surface area contributed by atoms with Crippen LogP contribution in [0.3, 0.4) is 0 Å². The van der Waals surface area contributed by atoms with Crippen LogP contribution in [0.4, 0.5) is 0 Å². The van der Waals surface area contributed by atoms with E-state index in [-0.39, 0.29) is 12.2 Å². The molecule has 0 saturated carbocycles. The lowest BCUT2D eigenvalue weighted by Crippen LogP contribution is -2.05. The molecular formula is C20H20Cl2O4. The lowest BCUT2D eigenvalue weighted by molar-refractivity contribution is -0.130. The lowest BCUT2D eigenvalue weighted by atomic mass is 10.00. The third kappa shape index (κ3) is 4.93. The van der Waals surface area contributed by atoms with Gasteiger partial charge in [0.15, 0.2) is 5.75 Å². The van der Waals surface area contributed by atoms with Gasteiger partial charge in [-0.3, -0.25) is 0 Å². The van der Waals surface area contributed by atoms with Crippen molar-refractivity contribution in [1.82, 2.24) is 0 Å². The summed E-state index contributed by atoms with van der Waals surface area (Å²) in [6.07, 6.45) is 2.41. The van der Waals surface area contributed by atoms with Crippen molar-refractivity contribution < 1.29 is 19.4 Å². The zero-order valence-corrected chi connectivity index (χ0v) is 16.1. The third-order valence-electron chi connectivity index (χ3n) is 3.64. The first kappa shape index (κ1) is 20.1. The first-order chi connectivity index (χ1) is 12.5.